The van der Waals surface area contributed by atoms with Gasteiger partial charge < -0.3 is 10.4 Å². The van der Waals surface area contributed by atoms with Gasteiger partial charge in [0.15, 0.2) is 0 Å². The Morgan fingerprint density at radius 1 is 1.16 bits per heavy atom. The molecule has 1 aromatic rings. The Bertz CT molecular complexity index is 508. The molecule has 0 radical (unpaired) electrons. The van der Waals surface area contributed by atoms with E-state index < -0.39 is 11.9 Å². The molecule has 0 bridgehead atoms. The lowest BCUT2D eigenvalue weighted by molar-refractivity contribution is 0.172. The lowest BCUT2D eigenvalue weighted by Gasteiger charge is -2.17. The van der Waals surface area contributed by atoms with Crippen molar-refractivity contribution in [1.82, 2.24) is 5.32 Å². The highest BCUT2D eigenvalue weighted by molar-refractivity contribution is 6.58. The first kappa shape index (κ1) is 22.9. The quantitative estimate of drug-likeness (QED) is 0.531. The molecule has 2 rings (SSSR count). The molecule has 0 heterocycles. The van der Waals surface area contributed by atoms with Crippen molar-refractivity contribution in [3.8, 4) is 0 Å². The molecule has 2 N–H and O–H groups in total. The second-order valence-electron chi connectivity index (χ2n) is 7.33. The van der Waals surface area contributed by atoms with Gasteiger partial charge in [0.2, 0.25) is 0 Å². The minimum atomic E-state index is -0.826. The first-order valence-electron chi connectivity index (χ1n) is 9.29. The summed E-state index contributed by atoms with van der Waals surface area (Å²) in [4.78, 5) is 0. The number of halogens is 3. The molecule has 144 valence electrons. The van der Waals surface area contributed by atoms with E-state index in [2.05, 4.69) is 33.0 Å². The van der Waals surface area contributed by atoms with Gasteiger partial charge in [-0.05, 0) is 30.4 Å². The van der Waals surface area contributed by atoms with Gasteiger partial charge in [0.05, 0.1) is 16.1 Å². The van der Waals surface area contributed by atoms with Gasteiger partial charge >= 0.3 is 0 Å². The molecule has 0 aliphatic heterocycles. The van der Waals surface area contributed by atoms with Gasteiger partial charge in [0, 0.05) is 27.4 Å². The van der Waals surface area contributed by atoms with Gasteiger partial charge in [-0.3, -0.25) is 0 Å². The van der Waals surface area contributed by atoms with Gasteiger partial charge in [-0.1, -0.05) is 69.0 Å². The molecule has 25 heavy (non-hydrogen) atoms. The normalized spacial score (nSPS) is 16.4. The molecule has 2 nitrogen and oxygen atoms in total. The molecule has 1 aliphatic carbocycles. The minimum absolute atomic E-state index is 0.159. The van der Waals surface area contributed by atoms with Crippen LogP contribution in [0.1, 0.15) is 52.2 Å². The largest absolute Gasteiger partial charge is 0.387 e. The number of hydrogen-bond acceptors (Lipinski definition) is 2. The Morgan fingerprint density at radius 3 is 2.00 bits per heavy atom. The van der Waals surface area contributed by atoms with E-state index in [0.29, 0.717) is 17.5 Å². The van der Waals surface area contributed by atoms with Crippen molar-refractivity contribution < 1.29 is 9.50 Å². The minimum Gasteiger partial charge on any atom is -0.387 e. The van der Waals surface area contributed by atoms with Crippen LogP contribution in [0.3, 0.4) is 0 Å². The van der Waals surface area contributed by atoms with Crippen LogP contribution in [0.5, 0.6) is 0 Å². The maximum atomic E-state index is 13.0. The summed E-state index contributed by atoms with van der Waals surface area (Å²) >= 11 is 11.8. The summed E-state index contributed by atoms with van der Waals surface area (Å²) in [6.45, 7) is 10.4. The highest BCUT2D eigenvalue weighted by Crippen LogP contribution is 2.44. The van der Waals surface area contributed by atoms with Crippen LogP contribution in [0.4, 0.5) is 4.39 Å². The van der Waals surface area contributed by atoms with Crippen LogP contribution < -0.4 is 5.32 Å². The van der Waals surface area contributed by atoms with Crippen LogP contribution >= 0.6 is 23.2 Å². The molecule has 0 amide bonds. The van der Waals surface area contributed by atoms with Crippen molar-refractivity contribution in [2.45, 2.75) is 64.8 Å². The molecule has 1 unspecified atom stereocenters. The zero-order valence-electron chi connectivity index (χ0n) is 15.8. The van der Waals surface area contributed by atoms with Crippen LogP contribution in [-0.2, 0) is 0 Å². The van der Waals surface area contributed by atoms with E-state index in [1.165, 1.54) is 31.0 Å². The molecular weight excluding hydrogens is 376 g/mol. The van der Waals surface area contributed by atoms with Crippen LogP contribution in [0.25, 0.3) is 0 Å². The smallest absolute Gasteiger partial charge is 0.126 e. The monoisotopic (exact) mass is 407 g/mol. The molecule has 1 atom stereocenters. The SMILES string of the molecule is CC1(CNCC(O)c2c(Cl)cc(F)cc2Cl)CC1.CC[SiH](CC)CC. The number of rotatable bonds is 8. The number of aliphatic hydroxyl groups excluding tert-OH is 1. The number of hydrogen-bond donors (Lipinski definition) is 2. The predicted molar refractivity (Wildman–Crippen MR) is 110 cm³/mol. The maximum absolute atomic E-state index is 13.0. The van der Waals surface area contributed by atoms with E-state index in [9.17, 15) is 9.50 Å². The maximum Gasteiger partial charge on any atom is 0.126 e. The van der Waals surface area contributed by atoms with Crippen LogP contribution in [-0.4, -0.2) is 27.0 Å². The van der Waals surface area contributed by atoms with E-state index >= 15 is 0 Å². The van der Waals surface area contributed by atoms with Gasteiger partial charge in [0.25, 0.3) is 0 Å². The van der Waals surface area contributed by atoms with Crippen LogP contribution in [0.2, 0.25) is 28.2 Å². The number of aliphatic hydroxyl groups is 1. The second kappa shape index (κ2) is 10.9. The molecule has 1 fully saturated rings. The predicted octanol–water partition coefficient (Wildman–Crippen LogP) is 5.83. The van der Waals surface area contributed by atoms with E-state index in [-0.39, 0.29) is 18.8 Å². The van der Waals surface area contributed by atoms with Gasteiger partial charge in [-0.15, -0.1) is 0 Å². The molecule has 6 heteroatoms. The van der Waals surface area contributed by atoms with Crippen molar-refractivity contribution in [3.05, 3.63) is 33.6 Å². The van der Waals surface area contributed by atoms with E-state index in [1.54, 1.807) is 0 Å². The van der Waals surface area contributed by atoms with Crippen molar-refractivity contribution in [2.24, 2.45) is 5.41 Å². The highest BCUT2D eigenvalue weighted by Gasteiger charge is 2.36. The highest BCUT2D eigenvalue weighted by atomic mass is 35.5. The fourth-order valence-corrected chi connectivity index (χ4v) is 5.18. The zero-order chi connectivity index (χ0) is 19.0. The Balaban J connectivity index is 0.000000381. The van der Waals surface area contributed by atoms with Crippen molar-refractivity contribution in [1.29, 1.82) is 0 Å². The lowest BCUT2D eigenvalue weighted by Crippen LogP contribution is -2.27. The number of benzene rings is 1. The summed E-state index contributed by atoms with van der Waals surface area (Å²) < 4.78 is 13.0. The molecular formula is C19H32Cl2FNOSi. The Labute approximate surface area is 163 Å². The van der Waals surface area contributed by atoms with E-state index in [4.69, 9.17) is 23.2 Å². The summed E-state index contributed by atoms with van der Waals surface area (Å²) in [6.07, 6.45) is 1.61. The third kappa shape index (κ3) is 7.96. The Morgan fingerprint density at radius 2 is 1.64 bits per heavy atom. The zero-order valence-corrected chi connectivity index (χ0v) is 18.5. The van der Waals surface area contributed by atoms with Crippen LogP contribution in [0.15, 0.2) is 12.1 Å². The summed E-state index contributed by atoms with van der Waals surface area (Å²) in [5.41, 5.74) is 0.754. The fraction of sp³-hybridized carbons (Fsp3) is 0.684. The molecule has 1 aliphatic rings. The molecule has 0 saturated heterocycles. The van der Waals surface area contributed by atoms with Crippen molar-refractivity contribution in [2.75, 3.05) is 13.1 Å². The van der Waals surface area contributed by atoms with E-state index in [0.717, 1.165) is 18.7 Å². The Kier molecular flexibility index (Phi) is 9.97. The van der Waals surface area contributed by atoms with Crippen LogP contribution in [0, 0.1) is 11.2 Å². The average Bonchev–Trinajstić information content (AvgIpc) is 3.26. The molecule has 0 spiro atoms. The summed E-state index contributed by atoms with van der Waals surface area (Å²) in [5.74, 6) is -0.501. The second-order valence-corrected chi connectivity index (χ2v) is 12.3. The third-order valence-corrected chi connectivity index (χ3v) is 9.19. The van der Waals surface area contributed by atoms with Gasteiger partial charge in [-0.25, -0.2) is 4.39 Å². The molecule has 1 saturated carbocycles. The fourth-order valence-electron chi connectivity index (χ4n) is 2.74. The standard InChI is InChI=1S/C13H16Cl2FNO.C6H16Si/c1-13(2-3-13)7-17-6-11(18)12-9(14)4-8(16)5-10(12)15;1-4-7(5-2)6-3/h4-5,11,17-18H,2-3,6-7H2,1H3;7H,4-6H2,1-3H3. The molecule has 0 aromatic heterocycles. The third-order valence-electron chi connectivity index (χ3n) is 5.10. The first-order chi connectivity index (χ1) is 11.8. The van der Waals surface area contributed by atoms with E-state index in [1.807, 2.05) is 0 Å². The summed E-state index contributed by atoms with van der Waals surface area (Å²) in [6, 6.07) is 6.80. The van der Waals surface area contributed by atoms with Gasteiger partial charge in [-0.2, -0.15) is 0 Å². The lowest BCUT2D eigenvalue weighted by atomic mass is 10.1. The number of nitrogens with one attached hydrogen (secondary N) is 1. The van der Waals surface area contributed by atoms with Crippen molar-refractivity contribution >= 4 is 32.0 Å². The Hall–Kier alpha value is -0.133. The van der Waals surface area contributed by atoms with Gasteiger partial charge in [0.1, 0.15) is 5.82 Å². The average molecular weight is 408 g/mol. The first-order valence-corrected chi connectivity index (χ1v) is 12.5. The topological polar surface area (TPSA) is 32.3 Å². The molecule has 1 aromatic carbocycles. The van der Waals surface area contributed by atoms with Crippen molar-refractivity contribution in [3.63, 3.8) is 0 Å². The summed E-state index contributed by atoms with van der Waals surface area (Å²) in [5, 5.41) is 13.5. The summed E-state index contributed by atoms with van der Waals surface area (Å²) in [7, 11) is -0.171.